The van der Waals surface area contributed by atoms with Gasteiger partial charge in [-0.3, -0.25) is 9.79 Å². The van der Waals surface area contributed by atoms with E-state index in [1.807, 2.05) is 59.5 Å². The lowest BCUT2D eigenvalue weighted by molar-refractivity contribution is -0.119. The zero-order valence-electron chi connectivity index (χ0n) is 19.8. The van der Waals surface area contributed by atoms with Crippen molar-refractivity contribution in [2.24, 2.45) is 4.99 Å². The number of carbonyl (C=O) groups is 1. The number of nitrogens with one attached hydrogen (secondary N) is 1. The van der Waals surface area contributed by atoms with E-state index in [-0.39, 0.29) is 29.7 Å². The van der Waals surface area contributed by atoms with Crippen molar-refractivity contribution < 1.29 is 18.3 Å². The molecule has 6 rings (SSSR count). The van der Waals surface area contributed by atoms with Crippen molar-refractivity contribution in [1.29, 1.82) is 0 Å². The highest BCUT2D eigenvalue weighted by molar-refractivity contribution is 6.16. The van der Waals surface area contributed by atoms with Gasteiger partial charge in [0.15, 0.2) is 11.9 Å². The Hall–Kier alpha value is -4.44. The quantitative estimate of drug-likeness (QED) is 0.417. The second kappa shape index (κ2) is 9.90. The fourth-order valence-corrected chi connectivity index (χ4v) is 4.46. The van der Waals surface area contributed by atoms with Gasteiger partial charge in [-0.05, 0) is 17.7 Å². The summed E-state index contributed by atoms with van der Waals surface area (Å²) < 4.78 is 25.9. The maximum absolute atomic E-state index is 14.9. The Morgan fingerprint density at radius 2 is 1.70 bits per heavy atom. The first-order valence-corrected chi connectivity index (χ1v) is 12.0. The van der Waals surface area contributed by atoms with Crippen LogP contribution in [0.1, 0.15) is 16.7 Å². The molecule has 2 aromatic carbocycles. The first-order valence-electron chi connectivity index (χ1n) is 12.0. The number of nitrogens with zero attached hydrogens (tertiary/aromatic N) is 5. The van der Waals surface area contributed by atoms with Crippen LogP contribution in [0, 0.1) is 5.95 Å². The second-order valence-corrected chi connectivity index (χ2v) is 8.71. The van der Waals surface area contributed by atoms with Crippen molar-refractivity contribution in [2.75, 3.05) is 36.5 Å². The average molecular weight is 499 g/mol. The summed E-state index contributed by atoms with van der Waals surface area (Å²) in [6.45, 7) is 2.43. The molecule has 0 spiro atoms. The largest absolute Gasteiger partial charge is 0.403 e. The Bertz CT molecular complexity index is 1470. The minimum atomic E-state index is -0.956. The second-order valence-electron chi connectivity index (χ2n) is 8.71. The number of hydrogen-bond donors (Lipinski definition) is 1. The van der Waals surface area contributed by atoms with E-state index >= 15 is 0 Å². The molecule has 2 aromatic heterocycles. The summed E-state index contributed by atoms with van der Waals surface area (Å²) in [4.78, 5) is 23.9. The van der Waals surface area contributed by atoms with Gasteiger partial charge >= 0.3 is 6.01 Å². The minimum Gasteiger partial charge on any atom is -0.403 e. The summed E-state index contributed by atoms with van der Waals surface area (Å²) >= 11 is 0. The van der Waals surface area contributed by atoms with E-state index in [0.29, 0.717) is 37.8 Å². The molecule has 0 aliphatic carbocycles. The summed E-state index contributed by atoms with van der Waals surface area (Å²) in [5.74, 6) is -0.392. The third kappa shape index (κ3) is 4.70. The molecule has 0 unspecified atom stereocenters. The number of morpholine rings is 1. The summed E-state index contributed by atoms with van der Waals surface area (Å²) in [6, 6.07) is 20.6. The van der Waals surface area contributed by atoms with Gasteiger partial charge in [-0.15, -0.1) is 5.10 Å². The molecular weight excluding hydrogens is 475 g/mol. The van der Waals surface area contributed by atoms with Crippen LogP contribution in [0.4, 0.5) is 16.2 Å². The fourth-order valence-electron chi connectivity index (χ4n) is 4.46. The highest BCUT2D eigenvalue weighted by Crippen LogP contribution is 2.27. The smallest absolute Gasteiger partial charge is 0.317 e. The van der Waals surface area contributed by atoms with Crippen molar-refractivity contribution in [1.82, 2.24) is 15.2 Å². The third-order valence-electron chi connectivity index (χ3n) is 6.33. The van der Waals surface area contributed by atoms with Gasteiger partial charge in [0.2, 0.25) is 5.95 Å². The predicted octanol–water partition coefficient (Wildman–Crippen LogP) is 3.51. The SMILES string of the molecule is O=C1Cc2ccccc2C(c2ccccc2)=N[C@@H]1Nc1nnc(-c2ccc(N3CCOCC3)nc2F)o1. The van der Waals surface area contributed by atoms with Gasteiger partial charge in [0.25, 0.3) is 5.89 Å². The number of ether oxygens (including phenoxy) is 1. The Morgan fingerprint density at radius 3 is 2.51 bits per heavy atom. The lowest BCUT2D eigenvalue weighted by atomic mass is 9.96. The molecule has 1 N–H and O–H groups in total. The van der Waals surface area contributed by atoms with Crippen LogP contribution < -0.4 is 10.2 Å². The Morgan fingerprint density at radius 1 is 0.919 bits per heavy atom. The molecule has 4 heterocycles. The van der Waals surface area contributed by atoms with Crippen LogP contribution >= 0.6 is 0 Å². The minimum absolute atomic E-state index is 0.0351. The molecular formula is C27H23FN6O3. The molecule has 10 heteroatoms. The zero-order valence-corrected chi connectivity index (χ0v) is 19.8. The number of hydrogen-bond acceptors (Lipinski definition) is 9. The molecule has 0 amide bonds. The Kier molecular flexibility index (Phi) is 6.15. The van der Waals surface area contributed by atoms with Gasteiger partial charge in [-0.25, -0.2) is 4.98 Å². The first-order chi connectivity index (χ1) is 18.2. The number of rotatable bonds is 5. The van der Waals surface area contributed by atoms with Crippen LogP contribution in [0.15, 0.2) is 76.1 Å². The Labute approximate surface area is 212 Å². The number of aromatic nitrogens is 3. The van der Waals surface area contributed by atoms with Crippen LogP contribution in [0.5, 0.6) is 0 Å². The van der Waals surface area contributed by atoms with Gasteiger partial charge in [0.1, 0.15) is 5.82 Å². The predicted molar refractivity (Wildman–Crippen MR) is 135 cm³/mol. The van der Waals surface area contributed by atoms with Gasteiger partial charge in [-0.2, -0.15) is 4.39 Å². The van der Waals surface area contributed by atoms with Crippen molar-refractivity contribution >= 4 is 23.3 Å². The number of ketones is 1. The molecule has 9 nitrogen and oxygen atoms in total. The van der Waals surface area contributed by atoms with Gasteiger partial charge in [0, 0.05) is 30.6 Å². The highest BCUT2D eigenvalue weighted by atomic mass is 19.1. The van der Waals surface area contributed by atoms with Crippen molar-refractivity contribution in [3.05, 3.63) is 89.4 Å². The van der Waals surface area contributed by atoms with Crippen LogP contribution in [-0.4, -0.2) is 59.1 Å². The molecule has 4 aromatic rings. The van der Waals surface area contributed by atoms with E-state index in [2.05, 4.69) is 20.5 Å². The number of halogens is 1. The van der Waals surface area contributed by atoms with Crippen LogP contribution in [-0.2, 0) is 16.0 Å². The van der Waals surface area contributed by atoms with Crippen molar-refractivity contribution in [3.8, 4) is 11.5 Å². The average Bonchev–Trinajstić information content (AvgIpc) is 3.35. The first kappa shape index (κ1) is 23.0. The summed E-state index contributed by atoms with van der Waals surface area (Å²) in [6.07, 6.45) is -0.765. The lowest BCUT2D eigenvalue weighted by Crippen LogP contribution is -2.36. The number of fused-ring (bicyclic) bond motifs is 1. The van der Waals surface area contributed by atoms with Gasteiger partial charge in [-0.1, -0.05) is 59.7 Å². The molecule has 0 bridgehead atoms. The fraction of sp³-hybridized carbons (Fsp3) is 0.222. The molecule has 0 saturated carbocycles. The van der Waals surface area contributed by atoms with E-state index in [1.54, 1.807) is 12.1 Å². The molecule has 0 radical (unpaired) electrons. The van der Waals surface area contributed by atoms with E-state index in [4.69, 9.17) is 14.1 Å². The lowest BCUT2D eigenvalue weighted by Gasteiger charge is -2.27. The van der Waals surface area contributed by atoms with Gasteiger partial charge in [0.05, 0.1) is 24.5 Å². The number of anilines is 2. The third-order valence-corrected chi connectivity index (χ3v) is 6.33. The standard InChI is InChI=1S/C27H23FN6O3/c28-24-20(10-11-22(29-24)34-12-14-36-15-13-34)26-32-33-27(37-26)31-25-21(35)16-18-8-4-5-9-19(18)23(30-25)17-6-2-1-3-7-17/h1-11,25H,12-16H2,(H,31,33)/t25-/m1/s1. The molecule has 186 valence electrons. The van der Waals surface area contributed by atoms with E-state index < -0.39 is 12.1 Å². The summed E-state index contributed by atoms with van der Waals surface area (Å²) in [5.41, 5.74) is 3.43. The number of benzene rings is 2. The van der Waals surface area contributed by atoms with E-state index in [9.17, 15) is 9.18 Å². The van der Waals surface area contributed by atoms with Crippen LogP contribution in [0.25, 0.3) is 11.5 Å². The maximum Gasteiger partial charge on any atom is 0.317 e. The van der Waals surface area contributed by atoms with Crippen molar-refractivity contribution in [3.63, 3.8) is 0 Å². The normalized spacial score (nSPS) is 17.6. The Balaban J connectivity index is 1.27. The number of carbonyl (C=O) groups excluding carboxylic acids is 1. The highest BCUT2D eigenvalue weighted by Gasteiger charge is 2.27. The van der Waals surface area contributed by atoms with E-state index in [1.165, 1.54) is 0 Å². The molecule has 37 heavy (non-hydrogen) atoms. The topological polar surface area (TPSA) is 106 Å². The number of Topliss-reactive ketones (excluding diaryl/α,β-unsaturated/α-hetero) is 1. The molecule has 2 aliphatic rings. The molecule has 2 aliphatic heterocycles. The summed E-state index contributed by atoms with van der Waals surface area (Å²) in [7, 11) is 0. The monoisotopic (exact) mass is 498 g/mol. The summed E-state index contributed by atoms with van der Waals surface area (Å²) in [5, 5.41) is 10.9. The molecule has 1 fully saturated rings. The molecule has 1 atom stereocenters. The maximum atomic E-state index is 14.9. The van der Waals surface area contributed by atoms with Gasteiger partial charge < -0.3 is 19.4 Å². The van der Waals surface area contributed by atoms with Crippen LogP contribution in [0.3, 0.4) is 0 Å². The zero-order chi connectivity index (χ0) is 25.2. The molecule has 1 saturated heterocycles. The number of aliphatic imine (C=N–C) groups is 1. The number of pyridine rings is 1. The van der Waals surface area contributed by atoms with E-state index in [0.717, 1.165) is 16.7 Å². The van der Waals surface area contributed by atoms with Crippen molar-refractivity contribution in [2.45, 2.75) is 12.6 Å². The van der Waals surface area contributed by atoms with Crippen LogP contribution in [0.2, 0.25) is 0 Å².